The van der Waals surface area contributed by atoms with E-state index in [-0.39, 0.29) is 12.3 Å². The number of anilines is 1. The zero-order chi connectivity index (χ0) is 13.8. The zero-order valence-corrected chi connectivity index (χ0v) is 10.7. The lowest BCUT2D eigenvalue weighted by Gasteiger charge is -2.34. The number of carbonyl (C=O) groups excluding carboxylic acids is 1. The van der Waals surface area contributed by atoms with E-state index in [1.807, 2.05) is 12.1 Å². The van der Waals surface area contributed by atoms with Crippen LogP contribution in [0.4, 0.5) is 5.69 Å². The first kappa shape index (κ1) is 13.4. The molecule has 1 heterocycles. The molecule has 0 aliphatic carbocycles. The summed E-state index contributed by atoms with van der Waals surface area (Å²) in [5.41, 5.74) is 6.69. The number of carboxylic acids is 1. The Hall–Kier alpha value is -2.04. The summed E-state index contributed by atoms with van der Waals surface area (Å²) < 4.78 is 0. The first-order chi connectivity index (χ1) is 9.08. The molecule has 19 heavy (non-hydrogen) atoms. The molecule has 102 valence electrons. The van der Waals surface area contributed by atoms with Crippen LogP contribution in [-0.4, -0.2) is 30.1 Å². The van der Waals surface area contributed by atoms with Crippen LogP contribution >= 0.6 is 0 Å². The Morgan fingerprint density at radius 1 is 1.37 bits per heavy atom. The van der Waals surface area contributed by atoms with Crippen LogP contribution in [0.2, 0.25) is 0 Å². The van der Waals surface area contributed by atoms with Gasteiger partial charge in [0, 0.05) is 25.2 Å². The summed E-state index contributed by atoms with van der Waals surface area (Å²) in [5, 5.41) is 8.87. The van der Waals surface area contributed by atoms with Gasteiger partial charge in [-0.05, 0) is 30.9 Å². The second kappa shape index (κ2) is 5.73. The van der Waals surface area contributed by atoms with Gasteiger partial charge in [0.05, 0.1) is 5.56 Å². The van der Waals surface area contributed by atoms with E-state index in [0.29, 0.717) is 12.1 Å². The van der Waals surface area contributed by atoms with Gasteiger partial charge in [0.25, 0.3) is 5.91 Å². The van der Waals surface area contributed by atoms with E-state index in [4.69, 9.17) is 10.8 Å². The molecule has 1 saturated heterocycles. The maximum Gasteiger partial charge on any atom is 0.303 e. The molecule has 0 saturated carbocycles. The predicted octanol–water partition coefficient (Wildman–Crippen LogP) is 1.48. The maximum atomic E-state index is 11.4. The lowest BCUT2D eigenvalue weighted by Crippen LogP contribution is -2.37. The number of primary amides is 1. The van der Waals surface area contributed by atoms with Gasteiger partial charge in [-0.2, -0.15) is 0 Å². The van der Waals surface area contributed by atoms with Crippen LogP contribution in [0.25, 0.3) is 0 Å². The topological polar surface area (TPSA) is 83.6 Å². The average molecular weight is 262 g/mol. The Balaban J connectivity index is 2.17. The normalized spacial score (nSPS) is 19.2. The lowest BCUT2D eigenvalue weighted by atomic mass is 9.94. The fourth-order valence-corrected chi connectivity index (χ4v) is 2.66. The number of piperidine rings is 1. The second-order valence-corrected chi connectivity index (χ2v) is 4.93. The Morgan fingerprint density at radius 3 is 2.79 bits per heavy atom. The van der Waals surface area contributed by atoms with Crippen molar-refractivity contribution < 1.29 is 14.7 Å². The number of carbonyl (C=O) groups is 2. The highest BCUT2D eigenvalue weighted by Crippen LogP contribution is 2.27. The molecule has 1 aliphatic rings. The number of nitrogens with zero attached hydrogens (tertiary/aromatic N) is 1. The fraction of sp³-hybridized carbons (Fsp3) is 0.429. The maximum absolute atomic E-state index is 11.4. The van der Waals surface area contributed by atoms with Gasteiger partial charge in [0.15, 0.2) is 0 Å². The SMILES string of the molecule is NC(=O)c1ccccc1N1CCCC(CC(=O)O)C1. The number of benzene rings is 1. The van der Waals surface area contributed by atoms with Crippen molar-refractivity contribution in [3.8, 4) is 0 Å². The Morgan fingerprint density at radius 2 is 2.11 bits per heavy atom. The molecule has 0 radical (unpaired) electrons. The number of rotatable bonds is 4. The average Bonchev–Trinajstić information content (AvgIpc) is 2.38. The molecular weight excluding hydrogens is 244 g/mol. The molecule has 0 aromatic heterocycles. The van der Waals surface area contributed by atoms with Gasteiger partial charge in [0.1, 0.15) is 0 Å². The van der Waals surface area contributed by atoms with E-state index in [0.717, 1.165) is 25.1 Å². The lowest BCUT2D eigenvalue weighted by molar-refractivity contribution is -0.138. The molecule has 1 atom stereocenters. The third-order valence-corrected chi connectivity index (χ3v) is 3.49. The van der Waals surface area contributed by atoms with Crippen molar-refractivity contribution in [2.24, 2.45) is 11.7 Å². The van der Waals surface area contributed by atoms with Crippen LogP contribution in [0.1, 0.15) is 29.6 Å². The highest BCUT2D eigenvalue weighted by Gasteiger charge is 2.24. The van der Waals surface area contributed by atoms with Crippen molar-refractivity contribution in [1.29, 1.82) is 0 Å². The minimum absolute atomic E-state index is 0.132. The van der Waals surface area contributed by atoms with Gasteiger partial charge >= 0.3 is 5.97 Å². The van der Waals surface area contributed by atoms with E-state index in [2.05, 4.69) is 4.90 Å². The minimum atomic E-state index is -0.768. The Labute approximate surface area is 112 Å². The molecule has 1 amide bonds. The van der Waals surface area contributed by atoms with Gasteiger partial charge in [0.2, 0.25) is 0 Å². The number of para-hydroxylation sites is 1. The van der Waals surface area contributed by atoms with Crippen LogP contribution in [-0.2, 0) is 4.79 Å². The van der Waals surface area contributed by atoms with Gasteiger partial charge in [-0.15, -0.1) is 0 Å². The first-order valence-corrected chi connectivity index (χ1v) is 6.43. The highest BCUT2D eigenvalue weighted by atomic mass is 16.4. The van der Waals surface area contributed by atoms with Crippen LogP contribution in [0.3, 0.4) is 0 Å². The monoisotopic (exact) mass is 262 g/mol. The highest BCUT2D eigenvalue weighted by molar-refractivity contribution is 5.98. The van der Waals surface area contributed by atoms with Crippen molar-refractivity contribution in [3.05, 3.63) is 29.8 Å². The van der Waals surface area contributed by atoms with Crippen LogP contribution in [0.15, 0.2) is 24.3 Å². The molecule has 2 rings (SSSR count). The van der Waals surface area contributed by atoms with Crippen LogP contribution in [0.5, 0.6) is 0 Å². The van der Waals surface area contributed by atoms with Crippen molar-refractivity contribution >= 4 is 17.6 Å². The van der Waals surface area contributed by atoms with E-state index in [1.54, 1.807) is 12.1 Å². The van der Waals surface area contributed by atoms with E-state index in [9.17, 15) is 9.59 Å². The number of carboxylic acid groups (broad SMARTS) is 1. The third-order valence-electron chi connectivity index (χ3n) is 3.49. The fourth-order valence-electron chi connectivity index (χ4n) is 2.66. The predicted molar refractivity (Wildman–Crippen MR) is 72.1 cm³/mol. The zero-order valence-electron chi connectivity index (χ0n) is 10.7. The number of nitrogens with two attached hydrogens (primary N) is 1. The molecular formula is C14H18N2O3. The number of amides is 1. The second-order valence-electron chi connectivity index (χ2n) is 4.93. The molecule has 1 fully saturated rings. The van der Waals surface area contributed by atoms with Gasteiger partial charge < -0.3 is 15.7 Å². The summed E-state index contributed by atoms with van der Waals surface area (Å²) in [6.07, 6.45) is 2.03. The Bertz CT molecular complexity index is 487. The molecule has 1 aliphatic heterocycles. The van der Waals surface area contributed by atoms with Crippen molar-refractivity contribution in [1.82, 2.24) is 0 Å². The largest absolute Gasteiger partial charge is 0.481 e. The molecule has 5 heteroatoms. The summed E-state index contributed by atoms with van der Waals surface area (Å²) in [7, 11) is 0. The van der Waals surface area contributed by atoms with Crippen molar-refractivity contribution in [2.75, 3.05) is 18.0 Å². The minimum Gasteiger partial charge on any atom is -0.481 e. The van der Waals surface area contributed by atoms with Gasteiger partial charge in [-0.3, -0.25) is 9.59 Å². The molecule has 1 unspecified atom stereocenters. The summed E-state index contributed by atoms with van der Waals surface area (Å²) in [6.45, 7) is 1.50. The smallest absolute Gasteiger partial charge is 0.303 e. The Kier molecular flexibility index (Phi) is 4.04. The van der Waals surface area contributed by atoms with E-state index in [1.165, 1.54) is 0 Å². The van der Waals surface area contributed by atoms with Crippen molar-refractivity contribution in [2.45, 2.75) is 19.3 Å². The summed E-state index contributed by atoms with van der Waals surface area (Å²) in [4.78, 5) is 24.3. The number of hydrogen-bond donors (Lipinski definition) is 2. The van der Waals surface area contributed by atoms with Crippen LogP contribution in [0, 0.1) is 5.92 Å². The standard InChI is InChI=1S/C14H18N2O3/c15-14(19)11-5-1-2-6-12(11)16-7-3-4-10(9-16)8-13(17)18/h1-2,5-6,10H,3-4,7-9H2,(H2,15,19)(H,17,18). The summed E-state index contributed by atoms with van der Waals surface area (Å²) >= 11 is 0. The molecule has 5 nitrogen and oxygen atoms in total. The molecule has 0 bridgehead atoms. The number of hydrogen-bond acceptors (Lipinski definition) is 3. The quantitative estimate of drug-likeness (QED) is 0.860. The van der Waals surface area contributed by atoms with Crippen LogP contribution < -0.4 is 10.6 Å². The van der Waals surface area contributed by atoms with Crippen molar-refractivity contribution in [3.63, 3.8) is 0 Å². The third kappa shape index (κ3) is 3.24. The first-order valence-electron chi connectivity index (χ1n) is 6.43. The van der Waals surface area contributed by atoms with E-state index < -0.39 is 11.9 Å². The molecule has 1 aromatic carbocycles. The summed E-state index contributed by atoms with van der Waals surface area (Å²) in [6, 6.07) is 7.21. The molecule has 3 N–H and O–H groups in total. The molecule has 0 spiro atoms. The van der Waals surface area contributed by atoms with Gasteiger partial charge in [-0.1, -0.05) is 12.1 Å². The van der Waals surface area contributed by atoms with E-state index >= 15 is 0 Å². The summed E-state index contributed by atoms with van der Waals surface area (Å²) in [5.74, 6) is -1.09. The molecule has 1 aromatic rings. The van der Waals surface area contributed by atoms with Gasteiger partial charge in [-0.25, -0.2) is 0 Å². The number of aliphatic carboxylic acids is 1.